The number of benzene rings is 1. The van der Waals surface area contributed by atoms with Gasteiger partial charge in [0.1, 0.15) is 5.82 Å². The zero-order valence-electron chi connectivity index (χ0n) is 12.1. The van der Waals surface area contributed by atoms with Gasteiger partial charge in [-0.3, -0.25) is 0 Å². The summed E-state index contributed by atoms with van der Waals surface area (Å²) in [5, 5.41) is 3.77. The molecular weight excluding hydrogens is 273 g/mol. The fraction of sp³-hybridized carbons (Fsp3) is 0.529. The lowest BCUT2D eigenvalue weighted by Crippen LogP contribution is -2.34. The zero-order chi connectivity index (χ0) is 14.4. The highest BCUT2D eigenvalue weighted by Crippen LogP contribution is 2.25. The van der Waals surface area contributed by atoms with Crippen molar-refractivity contribution in [3.63, 3.8) is 0 Å². The van der Waals surface area contributed by atoms with Crippen LogP contribution in [0.2, 0.25) is 5.02 Å². The first-order chi connectivity index (χ1) is 9.72. The number of allylic oxidation sites excluding steroid dienone is 1. The maximum absolute atomic E-state index is 14.1. The number of nitrogens with one attached hydrogen (secondary N) is 1. The van der Waals surface area contributed by atoms with E-state index in [0.717, 1.165) is 25.8 Å². The third-order valence-corrected chi connectivity index (χ3v) is 4.16. The van der Waals surface area contributed by atoms with E-state index in [9.17, 15) is 4.39 Å². The van der Waals surface area contributed by atoms with Gasteiger partial charge < -0.3 is 5.32 Å². The number of hydrogen-bond acceptors (Lipinski definition) is 1. The molecule has 1 aliphatic rings. The Balaban J connectivity index is 2.14. The first kappa shape index (κ1) is 15.5. The Morgan fingerprint density at radius 1 is 1.35 bits per heavy atom. The largest absolute Gasteiger partial charge is 0.310 e. The Morgan fingerprint density at radius 3 is 2.90 bits per heavy atom. The second-order valence-electron chi connectivity index (χ2n) is 5.45. The van der Waals surface area contributed by atoms with Crippen LogP contribution in [0.5, 0.6) is 0 Å². The lowest BCUT2D eigenvalue weighted by molar-refractivity contribution is 0.513. The van der Waals surface area contributed by atoms with Gasteiger partial charge in [-0.15, -0.1) is 0 Å². The topological polar surface area (TPSA) is 12.0 Å². The molecule has 20 heavy (non-hydrogen) atoms. The second kappa shape index (κ2) is 7.80. The minimum atomic E-state index is -0.270. The van der Waals surface area contributed by atoms with Gasteiger partial charge >= 0.3 is 0 Å². The molecule has 1 aromatic rings. The van der Waals surface area contributed by atoms with Gasteiger partial charge in [-0.05, 0) is 56.7 Å². The van der Waals surface area contributed by atoms with Crippen molar-refractivity contribution >= 4 is 11.6 Å². The van der Waals surface area contributed by atoms with Crippen molar-refractivity contribution in [1.82, 2.24) is 5.32 Å². The molecule has 0 bridgehead atoms. The summed E-state index contributed by atoms with van der Waals surface area (Å²) in [5.41, 5.74) is 2.14. The molecule has 0 spiro atoms. The molecule has 3 heteroatoms. The molecule has 0 saturated carbocycles. The van der Waals surface area contributed by atoms with Crippen molar-refractivity contribution in [2.75, 3.05) is 6.54 Å². The van der Waals surface area contributed by atoms with Crippen LogP contribution in [-0.4, -0.2) is 12.6 Å². The van der Waals surface area contributed by atoms with Gasteiger partial charge in [0.05, 0.1) is 5.02 Å². The van der Waals surface area contributed by atoms with Crippen LogP contribution in [0.25, 0.3) is 0 Å². The molecule has 1 aliphatic carbocycles. The van der Waals surface area contributed by atoms with Crippen LogP contribution in [0, 0.1) is 5.82 Å². The summed E-state index contributed by atoms with van der Waals surface area (Å²) in [6.45, 7) is 3.11. The maximum atomic E-state index is 14.1. The monoisotopic (exact) mass is 295 g/mol. The van der Waals surface area contributed by atoms with E-state index in [2.05, 4.69) is 18.3 Å². The Morgan fingerprint density at radius 2 is 2.20 bits per heavy atom. The van der Waals surface area contributed by atoms with Crippen LogP contribution >= 0.6 is 11.6 Å². The average Bonchev–Trinajstić information content (AvgIpc) is 2.48. The quantitative estimate of drug-likeness (QED) is 0.737. The van der Waals surface area contributed by atoms with E-state index in [1.54, 1.807) is 6.07 Å². The third-order valence-electron chi connectivity index (χ3n) is 3.87. The standard InChI is InChI=1S/C17H23ClFN/c1-2-11-20-16(13-7-4-3-5-8-13)12-14-9-6-10-15(18)17(14)19/h6-7,9-10,16,20H,2-5,8,11-12H2,1H3. The lowest BCUT2D eigenvalue weighted by atomic mass is 9.90. The van der Waals surface area contributed by atoms with Gasteiger partial charge in [-0.25, -0.2) is 4.39 Å². The van der Waals surface area contributed by atoms with Crippen LogP contribution in [0.4, 0.5) is 4.39 Å². The molecule has 2 rings (SSSR count). The minimum Gasteiger partial charge on any atom is -0.310 e. The predicted molar refractivity (Wildman–Crippen MR) is 83.7 cm³/mol. The van der Waals surface area contributed by atoms with Crippen LogP contribution in [0.1, 0.15) is 44.6 Å². The highest BCUT2D eigenvalue weighted by molar-refractivity contribution is 6.30. The summed E-state index contributed by atoms with van der Waals surface area (Å²) in [6.07, 6.45) is 8.89. The summed E-state index contributed by atoms with van der Waals surface area (Å²) in [5.74, 6) is -0.270. The number of halogens is 2. The molecule has 0 aromatic heterocycles. The molecule has 1 nitrogen and oxygen atoms in total. The molecule has 1 atom stereocenters. The summed E-state index contributed by atoms with van der Waals surface area (Å²) in [4.78, 5) is 0. The minimum absolute atomic E-state index is 0.217. The Bertz CT molecular complexity index is 470. The van der Waals surface area contributed by atoms with Crippen LogP contribution in [-0.2, 0) is 6.42 Å². The van der Waals surface area contributed by atoms with Gasteiger partial charge in [0, 0.05) is 6.04 Å². The number of rotatable bonds is 6. The smallest absolute Gasteiger partial charge is 0.145 e. The van der Waals surface area contributed by atoms with Gasteiger partial charge in [0.25, 0.3) is 0 Å². The lowest BCUT2D eigenvalue weighted by Gasteiger charge is -2.25. The first-order valence-electron chi connectivity index (χ1n) is 7.57. The van der Waals surface area contributed by atoms with Crippen LogP contribution < -0.4 is 5.32 Å². The molecule has 0 radical (unpaired) electrons. The Labute approximate surface area is 126 Å². The summed E-state index contributed by atoms with van der Waals surface area (Å²) >= 11 is 5.88. The molecule has 1 N–H and O–H groups in total. The van der Waals surface area contributed by atoms with Crippen molar-refractivity contribution in [2.45, 2.75) is 51.5 Å². The molecule has 0 heterocycles. The van der Waals surface area contributed by atoms with Crippen molar-refractivity contribution in [1.29, 1.82) is 0 Å². The normalized spacial score (nSPS) is 16.9. The van der Waals surface area contributed by atoms with Gasteiger partial charge in [0.15, 0.2) is 0 Å². The highest BCUT2D eigenvalue weighted by Gasteiger charge is 2.18. The Kier molecular flexibility index (Phi) is 6.06. The van der Waals surface area contributed by atoms with Crippen LogP contribution in [0.15, 0.2) is 29.8 Å². The molecule has 1 unspecified atom stereocenters. The van der Waals surface area contributed by atoms with Gasteiger partial charge in [0.2, 0.25) is 0 Å². The first-order valence-corrected chi connectivity index (χ1v) is 7.95. The summed E-state index contributed by atoms with van der Waals surface area (Å²) in [6, 6.07) is 5.51. The molecule has 110 valence electrons. The Hall–Kier alpha value is -0.860. The fourth-order valence-corrected chi connectivity index (χ4v) is 2.95. The molecule has 0 saturated heterocycles. The van der Waals surface area contributed by atoms with E-state index in [1.807, 2.05) is 12.1 Å². The molecule has 1 aromatic carbocycles. The maximum Gasteiger partial charge on any atom is 0.145 e. The van der Waals surface area contributed by atoms with E-state index in [-0.39, 0.29) is 16.9 Å². The summed E-state index contributed by atoms with van der Waals surface area (Å²) in [7, 11) is 0. The third kappa shape index (κ3) is 4.07. The molecule has 0 amide bonds. The predicted octanol–water partition coefficient (Wildman–Crippen LogP) is 4.89. The van der Waals surface area contributed by atoms with Crippen molar-refractivity contribution in [2.24, 2.45) is 0 Å². The zero-order valence-corrected chi connectivity index (χ0v) is 12.8. The van der Waals surface area contributed by atoms with E-state index in [4.69, 9.17) is 11.6 Å². The van der Waals surface area contributed by atoms with Gasteiger partial charge in [-0.1, -0.05) is 42.3 Å². The fourth-order valence-electron chi connectivity index (χ4n) is 2.76. The van der Waals surface area contributed by atoms with Crippen LogP contribution in [0.3, 0.4) is 0 Å². The highest BCUT2D eigenvalue weighted by atomic mass is 35.5. The summed E-state index contributed by atoms with van der Waals surface area (Å²) < 4.78 is 14.1. The van der Waals surface area contributed by atoms with Crippen molar-refractivity contribution in [3.8, 4) is 0 Å². The van der Waals surface area contributed by atoms with E-state index >= 15 is 0 Å². The van der Waals surface area contributed by atoms with Crippen molar-refractivity contribution < 1.29 is 4.39 Å². The van der Waals surface area contributed by atoms with E-state index in [1.165, 1.54) is 18.4 Å². The number of hydrogen-bond donors (Lipinski definition) is 1. The van der Waals surface area contributed by atoms with Crippen molar-refractivity contribution in [3.05, 3.63) is 46.3 Å². The van der Waals surface area contributed by atoms with E-state index < -0.39 is 0 Å². The average molecular weight is 296 g/mol. The second-order valence-corrected chi connectivity index (χ2v) is 5.86. The van der Waals surface area contributed by atoms with Gasteiger partial charge in [-0.2, -0.15) is 0 Å². The molecule has 0 aliphatic heterocycles. The molecular formula is C17H23ClFN. The molecule has 0 fully saturated rings. The SMILES string of the molecule is CCCNC(Cc1cccc(Cl)c1F)C1=CCCCC1. The van der Waals surface area contributed by atoms with E-state index in [0.29, 0.717) is 12.0 Å².